The van der Waals surface area contributed by atoms with E-state index in [-0.39, 0.29) is 38.3 Å². The largest absolute Gasteiger partial charge is 0.471 e. The number of para-hydroxylation sites is 2. The van der Waals surface area contributed by atoms with Gasteiger partial charge in [0.2, 0.25) is 27.7 Å². The van der Waals surface area contributed by atoms with Crippen LogP contribution in [0.2, 0.25) is 0 Å². The zero-order chi connectivity index (χ0) is 39.8. The second kappa shape index (κ2) is 15.4. The van der Waals surface area contributed by atoms with E-state index in [2.05, 4.69) is 22.7 Å². The van der Waals surface area contributed by atoms with Gasteiger partial charge in [0.05, 0.1) is 40.9 Å². The van der Waals surface area contributed by atoms with E-state index < -0.39 is 73.9 Å². The summed E-state index contributed by atoms with van der Waals surface area (Å²) in [5.41, 5.74) is 1.37. The third kappa shape index (κ3) is 8.35. The molecule has 3 aromatic rings. The molecule has 5 atom stereocenters. The minimum Gasteiger partial charge on any atom is -0.471 e. The minimum atomic E-state index is -3.87. The average Bonchev–Trinajstić information content (AvgIpc) is 4.09. The van der Waals surface area contributed by atoms with Crippen LogP contribution in [0.3, 0.4) is 0 Å². The van der Waals surface area contributed by atoms with E-state index in [1.165, 1.54) is 4.90 Å². The van der Waals surface area contributed by atoms with Gasteiger partial charge in [-0.1, -0.05) is 69.3 Å². The number of aromatic nitrogens is 2. The normalized spacial score (nSPS) is 26.5. The molecule has 3 fully saturated rings. The Morgan fingerprint density at radius 3 is 2.52 bits per heavy atom. The summed E-state index contributed by atoms with van der Waals surface area (Å²) in [5.74, 6) is -1.86. The molecular weight excluding hydrogens is 735 g/mol. The zero-order valence-electron chi connectivity index (χ0n) is 32.0. The molecule has 1 unspecified atom stereocenters. The van der Waals surface area contributed by atoms with Gasteiger partial charge in [-0.2, -0.15) is 0 Å². The predicted octanol–water partition coefficient (Wildman–Crippen LogP) is 5.74. The lowest BCUT2D eigenvalue weighted by atomic mass is 9.85. The number of Topliss-reactive ketones (excluding diaryl/α,β-unsaturated/α-hetero) is 1. The number of cyclic esters (lactones) is 1. The smallest absolute Gasteiger partial charge is 0.407 e. The molecular formula is C42H49N5O8S. The first-order chi connectivity index (χ1) is 26.7. The topological polar surface area (TPSA) is 174 Å². The molecule has 0 radical (unpaired) electrons. The van der Waals surface area contributed by atoms with Crippen LogP contribution in [0.4, 0.5) is 4.79 Å². The SMILES string of the molecule is C=CC1C[C@]1(CC(=O)[C@@H]1C[C@@H]2CN1C(=O)[C@H](C(C)(C)C)NC(=O)OCCCC/C=C/c1cccc(c1)-c1nc3ccccc3nc1O2)C(=O)NS(=O)(=O)C1CC1. The molecule has 0 spiro atoms. The standard InChI is InChI=1S/C42H49N5O8S/c1-5-28-23-42(28,39(50)46-56(52,53)30-18-19-30)24-34(48)33-22-29-25-47(33)38(49)36(41(2,3)4)45-40(51)54-20-11-7-6-8-13-26-14-12-15-27(21-26)35-37(55-29)44-32-17-10-9-16-31(32)43-35/h5,8-10,12-17,21,28-30,33,36H,1,6-7,11,18-20,22-25H2,2-4H3,(H,45,51)(H,46,50)/b13-8+/t28?,29-,33+,36-,42-/m1/s1. The van der Waals surface area contributed by atoms with Crippen LogP contribution < -0.4 is 14.8 Å². The molecule has 4 aliphatic rings. The van der Waals surface area contributed by atoms with E-state index in [0.29, 0.717) is 36.0 Å². The van der Waals surface area contributed by atoms with Crippen molar-refractivity contribution in [2.45, 2.75) is 95.6 Å². The number of sulfonamides is 1. The lowest BCUT2D eigenvalue weighted by Crippen LogP contribution is -2.57. The minimum absolute atomic E-state index is 0.0323. The highest BCUT2D eigenvalue weighted by atomic mass is 32.2. The van der Waals surface area contributed by atoms with Crippen molar-refractivity contribution in [1.29, 1.82) is 0 Å². The number of hydrogen-bond donors (Lipinski definition) is 2. The summed E-state index contributed by atoms with van der Waals surface area (Å²) in [6.45, 7) is 9.39. The van der Waals surface area contributed by atoms with Gasteiger partial charge in [-0.15, -0.1) is 6.58 Å². The van der Waals surface area contributed by atoms with Crippen molar-refractivity contribution in [2.75, 3.05) is 13.2 Å². The summed E-state index contributed by atoms with van der Waals surface area (Å²) in [6.07, 6.45) is 7.28. The Hall–Kier alpha value is -5.11. The molecule has 2 aliphatic heterocycles. The summed E-state index contributed by atoms with van der Waals surface area (Å²) in [4.78, 5) is 67.2. The number of alkyl carbamates (subject to hydrolysis) is 1. The van der Waals surface area contributed by atoms with Crippen LogP contribution in [-0.2, 0) is 29.1 Å². The van der Waals surface area contributed by atoms with Gasteiger partial charge in [-0.25, -0.2) is 23.2 Å². The van der Waals surface area contributed by atoms with Crippen molar-refractivity contribution in [2.24, 2.45) is 16.7 Å². The summed E-state index contributed by atoms with van der Waals surface area (Å²) in [5, 5.41) is 2.14. The number of ether oxygens (including phenoxy) is 2. The molecule has 3 amide bonds. The molecule has 1 saturated heterocycles. The van der Waals surface area contributed by atoms with Gasteiger partial charge >= 0.3 is 6.09 Å². The quantitative estimate of drug-likeness (QED) is 0.281. The third-order valence-corrected chi connectivity index (χ3v) is 13.0. The van der Waals surface area contributed by atoms with Gasteiger partial charge in [0, 0.05) is 18.4 Å². The molecule has 13 nitrogen and oxygen atoms in total. The van der Waals surface area contributed by atoms with E-state index in [1.54, 1.807) is 6.08 Å². The van der Waals surface area contributed by atoms with Gasteiger partial charge in [-0.05, 0) is 73.6 Å². The van der Waals surface area contributed by atoms with Crippen LogP contribution in [-0.4, -0.2) is 83.6 Å². The third-order valence-electron chi connectivity index (χ3n) is 11.1. The maximum absolute atomic E-state index is 14.7. The number of nitrogens with zero attached hydrogens (tertiary/aromatic N) is 3. The number of carbonyl (C=O) groups excluding carboxylic acids is 4. The van der Waals surface area contributed by atoms with Crippen LogP contribution in [0.15, 0.2) is 67.3 Å². The van der Waals surface area contributed by atoms with Gasteiger partial charge in [0.25, 0.3) is 0 Å². The average molecular weight is 784 g/mol. The van der Waals surface area contributed by atoms with Gasteiger partial charge in [0.1, 0.15) is 17.8 Å². The molecule has 56 heavy (non-hydrogen) atoms. The monoisotopic (exact) mass is 783 g/mol. The lowest BCUT2D eigenvalue weighted by molar-refractivity contribution is -0.142. The lowest BCUT2D eigenvalue weighted by Gasteiger charge is -2.35. The molecule has 2 saturated carbocycles. The Kier molecular flexibility index (Phi) is 10.8. The van der Waals surface area contributed by atoms with Crippen LogP contribution in [0.5, 0.6) is 5.88 Å². The van der Waals surface area contributed by atoms with Crippen molar-refractivity contribution in [3.05, 3.63) is 72.8 Å². The maximum atomic E-state index is 14.7. The number of nitrogens with one attached hydrogen (secondary N) is 2. The number of rotatable bonds is 7. The number of benzene rings is 2. The number of allylic oxidation sites excluding steroid dienone is 2. The first-order valence-corrected chi connectivity index (χ1v) is 20.9. The summed E-state index contributed by atoms with van der Waals surface area (Å²) < 4.78 is 40.0. The number of hydrogen-bond acceptors (Lipinski definition) is 10. The molecule has 3 heterocycles. The van der Waals surface area contributed by atoms with Gasteiger partial charge < -0.3 is 19.7 Å². The van der Waals surface area contributed by atoms with E-state index in [9.17, 15) is 27.6 Å². The van der Waals surface area contributed by atoms with Crippen LogP contribution in [0, 0.1) is 16.7 Å². The fourth-order valence-corrected chi connectivity index (χ4v) is 9.05. The van der Waals surface area contributed by atoms with Crippen LogP contribution in [0.1, 0.15) is 77.7 Å². The second-order valence-electron chi connectivity index (χ2n) is 16.5. The summed E-state index contributed by atoms with van der Waals surface area (Å²) in [6, 6.07) is 13.1. The summed E-state index contributed by atoms with van der Waals surface area (Å²) in [7, 11) is -3.87. The number of fused-ring (bicyclic) bond motifs is 7. The van der Waals surface area contributed by atoms with Crippen LogP contribution >= 0.6 is 0 Å². The number of ketones is 1. The molecule has 296 valence electrons. The van der Waals surface area contributed by atoms with Crippen molar-refractivity contribution in [3.63, 3.8) is 0 Å². The molecule has 4 bridgehead atoms. The Labute approximate surface area is 327 Å². The fourth-order valence-electron chi connectivity index (χ4n) is 7.66. The van der Waals surface area contributed by atoms with Crippen LogP contribution in [0.25, 0.3) is 28.4 Å². The molecule has 2 aliphatic carbocycles. The molecule has 1 aromatic heterocycles. The van der Waals surface area contributed by atoms with Gasteiger partial charge in [0.15, 0.2) is 5.78 Å². The van der Waals surface area contributed by atoms with Crippen molar-refractivity contribution in [3.8, 4) is 17.1 Å². The highest BCUT2D eigenvalue weighted by Gasteiger charge is 2.61. The van der Waals surface area contributed by atoms with Crippen molar-refractivity contribution < 1.29 is 37.1 Å². The van der Waals surface area contributed by atoms with E-state index >= 15 is 0 Å². The maximum Gasteiger partial charge on any atom is 0.407 e. The number of amides is 3. The highest BCUT2D eigenvalue weighted by molar-refractivity contribution is 7.90. The predicted molar refractivity (Wildman–Crippen MR) is 211 cm³/mol. The molecule has 14 heteroatoms. The first-order valence-electron chi connectivity index (χ1n) is 19.3. The van der Waals surface area contributed by atoms with Crippen molar-refractivity contribution in [1.82, 2.24) is 24.9 Å². The molecule has 7 rings (SSSR count). The van der Waals surface area contributed by atoms with Crippen molar-refractivity contribution >= 4 is 50.8 Å². The zero-order valence-corrected chi connectivity index (χ0v) is 32.8. The summed E-state index contributed by atoms with van der Waals surface area (Å²) >= 11 is 0. The van der Waals surface area contributed by atoms with E-state index in [1.807, 2.05) is 75.4 Å². The van der Waals surface area contributed by atoms with E-state index in [0.717, 1.165) is 24.0 Å². The second-order valence-corrected chi connectivity index (χ2v) is 18.4. The molecule has 2 N–H and O–H groups in total. The van der Waals surface area contributed by atoms with Gasteiger partial charge in [-0.3, -0.25) is 19.1 Å². The Balaban J connectivity index is 1.26. The highest BCUT2D eigenvalue weighted by Crippen LogP contribution is 2.57. The number of carbonyl (C=O) groups is 4. The van der Waals surface area contributed by atoms with E-state index in [4.69, 9.17) is 19.4 Å². The Morgan fingerprint density at radius 2 is 1.82 bits per heavy atom. The molecule has 2 aromatic carbocycles. The Morgan fingerprint density at radius 1 is 1.07 bits per heavy atom. The Bertz CT molecular complexity index is 2200. The fraction of sp³-hybridized carbons (Fsp3) is 0.476. The first kappa shape index (κ1) is 39.1.